The monoisotopic (exact) mass is 324 g/mol. The average Bonchev–Trinajstić information content (AvgIpc) is 2.90. The maximum Gasteiger partial charge on any atom is 0.257 e. The van der Waals surface area contributed by atoms with E-state index < -0.39 is 11.7 Å². The molecule has 24 heavy (non-hydrogen) atoms. The Labute approximate surface area is 138 Å². The summed E-state index contributed by atoms with van der Waals surface area (Å²) >= 11 is 0. The van der Waals surface area contributed by atoms with Gasteiger partial charge in [0.05, 0.1) is 23.3 Å². The number of hydrogen-bond acceptors (Lipinski definition) is 3. The summed E-state index contributed by atoms with van der Waals surface area (Å²) in [5.74, 6) is -1.06. The predicted octanol–water partition coefficient (Wildman–Crippen LogP) is 3.46. The summed E-state index contributed by atoms with van der Waals surface area (Å²) in [5.41, 5.74) is 9.13. The van der Waals surface area contributed by atoms with Crippen LogP contribution in [0.4, 0.5) is 15.8 Å². The zero-order chi connectivity index (χ0) is 17.3. The van der Waals surface area contributed by atoms with Crippen LogP contribution in [0, 0.1) is 19.7 Å². The Morgan fingerprint density at radius 1 is 1.17 bits per heavy atom. The van der Waals surface area contributed by atoms with E-state index in [4.69, 9.17) is 5.73 Å². The Kier molecular flexibility index (Phi) is 4.04. The number of carbonyl (C=O) groups is 1. The summed E-state index contributed by atoms with van der Waals surface area (Å²) in [6.07, 6.45) is 1.76. The lowest BCUT2D eigenvalue weighted by atomic mass is 10.1. The number of nitrogens with zero attached hydrogens (tertiary/aromatic N) is 2. The van der Waals surface area contributed by atoms with Crippen LogP contribution in [-0.2, 0) is 0 Å². The van der Waals surface area contributed by atoms with E-state index in [0.29, 0.717) is 5.69 Å². The van der Waals surface area contributed by atoms with Gasteiger partial charge >= 0.3 is 0 Å². The van der Waals surface area contributed by atoms with Gasteiger partial charge in [-0.1, -0.05) is 6.07 Å². The number of hydrogen-bond donors (Lipinski definition) is 2. The van der Waals surface area contributed by atoms with E-state index in [1.165, 1.54) is 18.2 Å². The smallest absolute Gasteiger partial charge is 0.257 e. The van der Waals surface area contributed by atoms with Crippen LogP contribution in [0.25, 0.3) is 5.69 Å². The molecule has 0 saturated carbocycles. The Morgan fingerprint density at radius 3 is 2.50 bits per heavy atom. The number of nitrogens with one attached hydrogen (secondary N) is 1. The van der Waals surface area contributed by atoms with Crippen molar-refractivity contribution in [2.75, 3.05) is 11.1 Å². The molecule has 0 saturated heterocycles. The molecule has 0 atom stereocenters. The van der Waals surface area contributed by atoms with E-state index in [1.54, 1.807) is 18.5 Å². The SMILES string of the molecule is Cc1ncn(-c2ccc(NC(=O)c3cccc(F)c3N)cc2)c1C. The number of para-hydroxylation sites is 1. The number of anilines is 2. The van der Waals surface area contributed by atoms with E-state index >= 15 is 0 Å². The molecular formula is C18H17FN4O. The van der Waals surface area contributed by atoms with Gasteiger partial charge in [0.1, 0.15) is 5.82 Å². The van der Waals surface area contributed by atoms with Crippen LogP contribution in [-0.4, -0.2) is 15.5 Å². The van der Waals surface area contributed by atoms with Crippen LogP contribution in [0.5, 0.6) is 0 Å². The highest BCUT2D eigenvalue weighted by Gasteiger charge is 2.13. The van der Waals surface area contributed by atoms with Crippen molar-refractivity contribution < 1.29 is 9.18 Å². The highest BCUT2D eigenvalue weighted by Crippen LogP contribution is 2.20. The molecule has 122 valence electrons. The van der Waals surface area contributed by atoms with Crippen molar-refractivity contribution in [3.8, 4) is 5.69 Å². The van der Waals surface area contributed by atoms with Crippen LogP contribution >= 0.6 is 0 Å². The normalized spacial score (nSPS) is 10.6. The molecule has 0 aliphatic carbocycles. The van der Waals surface area contributed by atoms with Crippen molar-refractivity contribution in [1.29, 1.82) is 0 Å². The first-order valence-corrected chi connectivity index (χ1v) is 7.43. The van der Waals surface area contributed by atoms with Crippen LogP contribution < -0.4 is 11.1 Å². The number of amides is 1. The largest absolute Gasteiger partial charge is 0.396 e. The first kappa shape index (κ1) is 15.7. The summed E-state index contributed by atoms with van der Waals surface area (Å²) in [6.45, 7) is 3.94. The standard InChI is InChI=1S/C18H17FN4O/c1-11-12(2)23(10-21-11)14-8-6-13(7-9-14)22-18(24)15-4-3-5-16(19)17(15)20/h3-10H,20H2,1-2H3,(H,22,24). The molecule has 0 unspecified atom stereocenters. The van der Waals surface area contributed by atoms with Crippen LogP contribution in [0.15, 0.2) is 48.8 Å². The molecule has 1 aromatic heterocycles. The van der Waals surface area contributed by atoms with Crippen molar-refractivity contribution in [2.24, 2.45) is 0 Å². The molecule has 0 radical (unpaired) electrons. The van der Waals surface area contributed by atoms with Gasteiger partial charge in [-0.15, -0.1) is 0 Å². The minimum Gasteiger partial charge on any atom is -0.396 e. The number of nitrogen functional groups attached to an aromatic ring is 1. The number of carbonyl (C=O) groups excluding carboxylic acids is 1. The quantitative estimate of drug-likeness (QED) is 0.725. The Morgan fingerprint density at radius 2 is 1.88 bits per heavy atom. The van der Waals surface area contributed by atoms with Gasteiger partial charge in [0, 0.05) is 17.1 Å². The van der Waals surface area contributed by atoms with Crippen LogP contribution in [0.1, 0.15) is 21.7 Å². The number of benzene rings is 2. The van der Waals surface area contributed by atoms with Crippen molar-refractivity contribution in [3.63, 3.8) is 0 Å². The first-order valence-electron chi connectivity index (χ1n) is 7.43. The molecule has 3 rings (SSSR count). The van der Waals surface area contributed by atoms with E-state index in [9.17, 15) is 9.18 Å². The molecule has 3 N–H and O–H groups in total. The van der Waals surface area contributed by atoms with Gasteiger partial charge in [-0.3, -0.25) is 4.79 Å². The van der Waals surface area contributed by atoms with E-state index in [-0.39, 0.29) is 11.3 Å². The van der Waals surface area contributed by atoms with Gasteiger partial charge < -0.3 is 15.6 Å². The fourth-order valence-electron chi connectivity index (χ4n) is 2.40. The Bertz CT molecular complexity index is 900. The molecule has 2 aromatic carbocycles. The van der Waals surface area contributed by atoms with E-state index in [1.807, 2.05) is 30.5 Å². The molecule has 0 fully saturated rings. The molecule has 1 amide bonds. The fourth-order valence-corrected chi connectivity index (χ4v) is 2.40. The fraction of sp³-hybridized carbons (Fsp3) is 0.111. The molecular weight excluding hydrogens is 307 g/mol. The number of nitrogens with two attached hydrogens (primary N) is 1. The molecule has 0 spiro atoms. The van der Waals surface area contributed by atoms with Gasteiger partial charge in [0.25, 0.3) is 5.91 Å². The summed E-state index contributed by atoms with van der Waals surface area (Å²) in [6, 6.07) is 11.5. The minimum atomic E-state index is -0.607. The zero-order valence-corrected chi connectivity index (χ0v) is 13.4. The third-order valence-corrected chi connectivity index (χ3v) is 3.95. The summed E-state index contributed by atoms with van der Waals surface area (Å²) in [4.78, 5) is 16.5. The second kappa shape index (κ2) is 6.16. The highest BCUT2D eigenvalue weighted by molar-refractivity contribution is 6.07. The lowest BCUT2D eigenvalue weighted by molar-refractivity contribution is 0.102. The Balaban J connectivity index is 1.80. The first-order chi connectivity index (χ1) is 11.5. The van der Waals surface area contributed by atoms with Crippen LogP contribution in [0.2, 0.25) is 0 Å². The van der Waals surface area contributed by atoms with Crippen LogP contribution in [0.3, 0.4) is 0 Å². The summed E-state index contributed by atoms with van der Waals surface area (Å²) in [5, 5.41) is 2.71. The number of imidazole rings is 1. The van der Waals surface area contributed by atoms with Crippen molar-refractivity contribution in [3.05, 3.63) is 71.6 Å². The van der Waals surface area contributed by atoms with Gasteiger partial charge in [0.2, 0.25) is 0 Å². The number of halogens is 1. The molecule has 0 aliphatic heterocycles. The maximum absolute atomic E-state index is 13.4. The third-order valence-electron chi connectivity index (χ3n) is 3.95. The molecule has 1 heterocycles. The Hall–Kier alpha value is -3.15. The predicted molar refractivity (Wildman–Crippen MR) is 91.8 cm³/mol. The molecule has 5 nitrogen and oxygen atoms in total. The molecule has 3 aromatic rings. The third kappa shape index (κ3) is 2.86. The average molecular weight is 324 g/mol. The zero-order valence-electron chi connectivity index (χ0n) is 13.4. The maximum atomic E-state index is 13.4. The van der Waals surface area contributed by atoms with Gasteiger partial charge in [-0.2, -0.15) is 0 Å². The number of aryl methyl sites for hydroxylation is 1. The van der Waals surface area contributed by atoms with E-state index in [2.05, 4.69) is 10.3 Å². The summed E-state index contributed by atoms with van der Waals surface area (Å²) in [7, 11) is 0. The summed E-state index contributed by atoms with van der Waals surface area (Å²) < 4.78 is 15.4. The molecule has 0 bridgehead atoms. The molecule has 0 aliphatic rings. The lowest BCUT2D eigenvalue weighted by Crippen LogP contribution is -2.14. The topological polar surface area (TPSA) is 72.9 Å². The minimum absolute atomic E-state index is 0.111. The van der Waals surface area contributed by atoms with Crippen molar-refractivity contribution >= 4 is 17.3 Å². The highest BCUT2D eigenvalue weighted by atomic mass is 19.1. The second-order valence-electron chi connectivity index (χ2n) is 5.49. The number of rotatable bonds is 3. The van der Waals surface area contributed by atoms with E-state index in [0.717, 1.165) is 17.1 Å². The van der Waals surface area contributed by atoms with Crippen molar-refractivity contribution in [1.82, 2.24) is 9.55 Å². The molecule has 6 heteroatoms. The number of aromatic nitrogens is 2. The van der Waals surface area contributed by atoms with Gasteiger partial charge in [0.15, 0.2) is 0 Å². The van der Waals surface area contributed by atoms with Crippen molar-refractivity contribution in [2.45, 2.75) is 13.8 Å². The second-order valence-corrected chi connectivity index (χ2v) is 5.49. The van der Waals surface area contributed by atoms with Gasteiger partial charge in [-0.05, 0) is 50.2 Å². The van der Waals surface area contributed by atoms with Gasteiger partial charge in [-0.25, -0.2) is 9.37 Å². The lowest BCUT2D eigenvalue weighted by Gasteiger charge is -2.10.